The van der Waals surface area contributed by atoms with Crippen LogP contribution in [0.1, 0.15) is 18.1 Å². The first-order valence-corrected chi connectivity index (χ1v) is 10.3. The molecule has 140 valence electrons. The zero-order valence-corrected chi connectivity index (χ0v) is 18.9. The summed E-state index contributed by atoms with van der Waals surface area (Å²) in [4.78, 5) is 26.0. The lowest BCUT2D eigenvalue weighted by molar-refractivity contribution is -0.122. The molecule has 5 nitrogen and oxygen atoms in total. The standard InChI is InChI=1S/C19H14Br3NO4/c1-10(25)23-17-3-2-12(20)9-13(17)14(19(23)26)6-11-7-15(21)18(16(22)8-11)27-5-4-24/h2-3,6-9,24H,4-5H2,1H3. The topological polar surface area (TPSA) is 66.8 Å². The van der Waals surface area contributed by atoms with Crippen molar-refractivity contribution in [3.05, 3.63) is 54.9 Å². The Kier molecular flexibility index (Phi) is 6.20. The van der Waals surface area contributed by atoms with Crippen molar-refractivity contribution in [1.29, 1.82) is 0 Å². The SMILES string of the molecule is CC(=O)N1C(=O)C(=Cc2cc(Br)c(OCCO)c(Br)c2)c2cc(Br)ccc21. The fourth-order valence-corrected chi connectivity index (χ4v) is 4.64. The number of aliphatic hydroxyl groups is 1. The van der Waals surface area contributed by atoms with E-state index < -0.39 is 0 Å². The number of ether oxygens (including phenoxy) is 1. The smallest absolute Gasteiger partial charge is 0.265 e. The normalized spacial score (nSPS) is 14.6. The highest BCUT2D eigenvalue weighted by molar-refractivity contribution is 9.11. The molecule has 0 aromatic heterocycles. The molecule has 0 atom stereocenters. The van der Waals surface area contributed by atoms with Gasteiger partial charge in [0.1, 0.15) is 12.4 Å². The number of nitrogens with zero attached hydrogens (tertiary/aromatic N) is 1. The van der Waals surface area contributed by atoms with Crippen LogP contribution in [0.3, 0.4) is 0 Å². The number of carbonyl (C=O) groups excluding carboxylic acids is 2. The molecule has 0 saturated heterocycles. The second-order valence-electron chi connectivity index (χ2n) is 5.76. The molecule has 8 heteroatoms. The predicted octanol–water partition coefficient (Wildman–Crippen LogP) is 4.78. The van der Waals surface area contributed by atoms with Crippen molar-refractivity contribution in [2.24, 2.45) is 0 Å². The van der Waals surface area contributed by atoms with Crippen LogP contribution in [-0.4, -0.2) is 30.1 Å². The molecular weight excluding hydrogens is 546 g/mol. The van der Waals surface area contributed by atoms with Gasteiger partial charge in [0.05, 0.1) is 26.8 Å². The summed E-state index contributed by atoms with van der Waals surface area (Å²) in [5.41, 5.74) is 2.45. The van der Waals surface area contributed by atoms with Gasteiger partial charge in [-0.3, -0.25) is 9.59 Å². The molecule has 0 bridgehead atoms. The van der Waals surface area contributed by atoms with Crippen molar-refractivity contribution in [3.8, 4) is 5.75 Å². The highest BCUT2D eigenvalue weighted by Crippen LogP contribution is 2.41. The molecule has 0 unspecified atom stereocenters. The third kappa shape index (κ3) is 4.03. The van der Waals surface area contributed by atoms with Crippen LogP contribution in [0.15, 0.2) is 43.7 Å². The summed E-state index contributed by atoms with van der Waals surface area (Å²) >= 11 is 10.3. The molecule has 3 rings (SSSR count). The van der Waals surface area contributed by atoms with Crippen LogP contribution < -0.4 is 9.64 Å². The first-order valence-electron chi connectivity index (χ1n) is 7.93. The van der Waals surface area contributed by atoms with E-state index in [1.807, 2.05) is 18.2 Å². The van der Waals surface area contributed by atoms with Gasteiger partial charge in [0, 0.05) is 17.0 Å². The van der Waals surface area contributed by atoms with Gasteiger partial charge in [0.2, 0.25) is 5.91 Å². The van der Waals surface area contributed by atoms with Crippen LogP contribution in [-0.2, 0) is 9.59 Å². The molecule has 1 aliphatic heterocycles. The maximum Gasteiger partial charge on any atom is 0.265 e. The van der Waals surface area contributed by atoms with Gasteiger partial charge in [-0.1, -0.05) is 15.9 Å². The largest absolute Gasteiger partial charge is 0.489 e. The van der Waals surface area contributed by atoms with Crippen molar-refractivity contribution in [3.63, 3.8) is 0 Å². The molecule has 27 heavy (non-hydrogen) atoms. The molecule has 0 aliphatic carbocycles. The van der Waals surface area contributed by atoms with Crippen LogP contribution in [0.25, 0.3) is 11.6 Å². The minimum absolute atomic E-state index is 0.0915. The molecular formula is C19H14Br3NO4. The van der Waals surface area contributed by atoms with Crippen molar-refractivity contribution in [2.75, 3.05) is 18.1 Å². The Balaban J connectivity index is 2.09. The number of fused-ring (bicyclic) bond motifs is 1. The molecule has 2 aromatic carbocycles. The maximum atomic E-state index is 12.8. The summed E-state index contributed by atoms with van der Waals surface area (Å²) in [5.74, 6) is -0.122. The van der Waals surface area contributed by atoms with E-state index in [1.54, 1.807) is 18.2 Å². The summed E-state index contributed by atoms with van der Waals surface area (Å²) in [7, 11) is 0. The number of hydrogen-bond donors (Lipinski definition) is 1. The van der Waals surface area contributed by atoms with E-state index in [4.69, 9.17) is 9.84 Å². The number of aliphatic hydroxyl groups excluding tert-OH is 1. The zero-order valence-electron chi connectivity index (χ0n) is 14.1. The molecule has 1 heterocycles. The first kappa shape index (κ1) is 20.3. The number of anilines is 1. The Morgan fingerprint density at radius 1 is 1.19 bits per heavy atom. The van der Waals surface area contributed by atoms with Crippen LogP contribution in [0, 0.1) is 0 Å². The lowest BCUT2D eigenvalue weighted by Crippen LogP contribution is -2.31. The second kappa shape index (κ2) is 8.26. The Bertz CT molecular complexity index is 948. The predicted molar refractivity (Wildman–Crippen MR) is 115 cm³/mol. The molecule has 0 fully saturated rings. The lowest BCUT2D eigenvalue weighted by atomic mass is 10.0. The fraction of sp³-hybridized carbons (Fsp3) is 0.158. The Labute approximate surface area is 181 Å². The first-order chi connectivity index (χ1) is 12.8. The second-order valence-corrected chi connectivity index (χ2v) is 8.39. The Morgan fingerprint density at radius 2 is 1.85 bits per heavy atom. The lowest BCUT2D eigenvalue weighted by Gasteiger charge is -2.12. The van der Waals surface area contributed by atoms with E-state index in [1.165, 1.54) is 11.8 Å². The molecule has 1 aliphatic rings. The summed E-state index contributed by atoms with van der Waals surface area (Å²) in [5, 5.41) is 8.93. The Hall–Kier alpha value is -1.48. The van der Waals surface area contributed by atoms with E-state index in [2.05, 4.69) is 47.8 Å². The number of halogens is 3. The summed E-state index contributed by atoms with van der Waals surface area (Å²) in [6.07, 6.45) is 1.74. The summed E-state index contributed by atoms with van der Waals surface area (Å²) in [6.45, 7) is 1.45. The molecule has 0 spiro atoms. The van der Waals surface area contributed by atoms with Gasteiger partial charge in [-0.15, -0.1) is 0 Å². The summed E-state index contributed by atoms with van der Waals surface area (Å²) < 4.78 is 7.67. The van der Waals surface area contributed by atoms with Crippen LogP contribution in [0.2, 0.25) is 0 Å². The van der Waals surface area contributed by atoms with Crippen LogP contribution in [0.4, 0.5) is 5.69 Å². The summed E-state index contributed by atoms with van der Waals surface area (Å²) in [6, 6.07) is 8.99. The van der Waals surface area contributed by atoms with Gasteiger partial charge in [-0.05, 0) is 73.8 Å². The third-order valence-electron chi connectivity index (χ3n) is 3.91. The van der Waals surface area contributed by atoms with E-state index >= 15 is 0 Å². The monoisotopic (exact) mass is 557 g/mol. The number of imide groups is 1. The number of amides is 2. The highest BCUT2D eigenvalue weighted by Gasteiger charge is 2.35. The average molecular weight is 560 g/mol. The minimum Gasteiger partial charge on any atom is -0.489 e. The maximum absolute atomic E-state index is 12.8. The van der Waals surface area contributed by atoms with E-state index in [9.17, 15) is 9.59 Å². The van der Waals surface area contributed by atoms with Gasteiger partial charge in [-0.25, -0.2) is 4.90 Å². The van der Waals surface area contributed by atoms with Gasteiger partial charge in [0.25, 0.3) is 5.91 Å². The van der Waals surface area contributed by atoms with Crippen molar-refractivity contribution < 1.29 is 19.4 Å². The molecule has 0 saturated carbocycles. The van der Waals surface area contributed by atoms with Gasteiger partial charge in [0.15, 0.2) is 0 Å². The van der Waals surface area contributed by atoms with E-state index in [-0.39, 0.29) is 25.0 Å². The van der Waals surface area contributed by atoms with Crippen molar-refractivity contribution >= 4 is 76.9 Å². The highest BCUT2D eigenvalue weighted by atomic mass is 79.9. The van der Waals surface area contributed by atoms with Crippen LogP contribution >= 0.6 is 47.8 Å². The molecule has 2 aromatic rings. The van der Waals surface area contributed by atoms with Gasteiger partial charge >= 0.3 is 0 Å². The molecule has 2 amide bonds. The minimum atomic E-state index is -0.358. The quantitative estimate of drug-likeness (QED) is 0.548. The van der Waals surface area contributed by atoms with E-state index in [0.29, 0.717) is 31.5 Å². The Morgan fingerprint density at radius 3 is 2.44 bits per heavy atom. The zero-order chi connectivity index (χ0) is 19.7. The number of carbonyl (C=O) groups is 2. The van der Waals surface area contributed by atoms with E-state index in [0.717, 1.165) is 10.0 Å². The van der Waals surface area contributed by atoms with Gasteiger partial charge < -0.3 is 9.84 Å². The van der Waals surface area contributed by atoms with Gasteiger partial charge in [-0.2, -0.15) is 0 Å². The molecule has 0 radical (unpaired) electrons. The van der Waals surface area contributed by atoms with Crippen molar-refractivity contribution in [1.82, 2.24) is 0 Å². The van der Waals surface area contributed by atoms with Crippen molar-refractivity contribution in [2.45, 2.75) is 6.92 Å². The molecule has 1 N–H and O–H groups in total. The average Bonchev–Trinajstić information content (AvgIpc) is 2.86. The number of benzene rings is 2. The third-order valence-corrected chi connectivity index (χ3v) is 5.58. The number of rotatable bonds is 4. The fourth-order valence-electron chi connectivity index (χ4n) is 2.83. The van der Waals surface area contributed by atoms with Crippen LogP contribution in [0.5, 0.6) is 5.75 Å². The number of hydrogen-bond acceptors (Lipinski definition) is 4.